The summed E-state index contributed by atoms with van der Waals surface area (Å²) in [5.74, 6) is 4.17. The molecule has 0 aliphatic heterocycles. The Hall–Kier alpha value is -1.86. The Labute approximate surface area is 119 Å². The highest BCUT2D eigenvalue weighted by Gasteiger charge is 2.20. The molecule has 1 aromatic rings. The zero-order chi connectivity index (χ0) is 15.1. The van der Waals surface area contributed by atoms with Crippen LogP contribution in [0.1, 0.15) is 43.1 Å². The minimum atomic E-state index is -0.582. The van der Waals surface area contributed by atoms with Crippen LogP contribution in [0, 0.1) is 17.7 Å². The second-order valence-electron chi connectivity index (χ2n) is 4.75. The van der Waals surface area contributed by atoms with Crippen molar-refractivity contribution in [2.45, 2.75) is 33.2 Å². The summed E-state index contributed by atoms with van der Waals surface area (Å²) < 4.78 is 14.0. The minimum Gasteiger partial charge on any atom is -0.384 e. The fraction of sp³-hybridized carbons (Fsp3) is 0.438. The summed E-state index contributed by atoms with van der Waals surface area (Å²) in [6.45, 7) is 6.12. The third-order valence-corrected chi connectivity index (χ3v) is 2.86. The van der Waals surface area contributed by atoms with E-state index in [4.69, 9.17) is 5.11 Å². The lowest BCUT2D eigenvalue weighted by Gasteiger charge is -2.26. The number of halogens is 1. The van der Waals surface area contributed by atoms with Crippen molar-refractivity contribution in [3.05, 3.63) is 35.1 Å². The van der Waals surface area contributed by atoms with E-state index in [1.165, 1.54) is 12.1 Å². The Morgan fingerprint density at radius 2 is 2.15 bits per heavy atom. The molecule has 0 aliphatic rings. The molecule has 0 radical (unpaired) electrons. The van der Waals surface area contributed by atoms with Gasteiger partial charge in [-0.25, -0.2) is 4.39 Å². The molecule has 20 heavy (non-hydrogen) atoms. The monoisotopic (exact) mass is 277 g/mol. The molecule has 0 atom stereocenters. The molecule has 1 amide bonds. The smallest absolute Gasteiger partial charge is 0.257 e. The first kappa shape index (κ1) is 16.2. The van der Waals surface area contributed by atoms with E-state index in [1.807, 2.05) is 20.8 Å². The molecule has 0 aromatic heterocycles. The molecule has 0 spiro atoms. The largest absolute Gasteiger partial charge is 0.384 e. The number of aliphatic hydroxyl groups excluding tert-OH is 1. The highest BCUT2D eigenvalue weighted by atomic mass is 19.1. The van der Waals surface area contributed by atoms with E-state index in [0.717, 1.165) is 6.42 Å². The highest BCUT2D eigenvalue weighted by molar-refractivity contribution is 5.94. The van der Waals surface area contributed by atoms with E-state index >= 15 is 0 Å². The Kier molecular flexibility index (Phi) is 6.20. The minimum absolute atomic E-state index is 0.0238. The zero-order valence-electron chi connectivity index (χ0n) is 12.1. The fourth-order valence-electron chi connectivity index (χ4n) is 1.90. The quantitative estimate of drug-likeness (QED) is 0.859. The maximum atomic E-state index is 14.0. The maximum absolute atomic E-state index is 14.0. The molecule has 0 saturated heterocycles. The summed E-state index contributed by atoms with van der Waals surface area (Å²) in [6, 6.07) is 4.28. The summed E-state index contributed by atoms with van der Waals surface area (Å²) in [6.07, 6.45) is 0.825. The van der Waals surface area contributed by atoms with Gasteiger partial charge in [-0.15, -0.1) is 0 Å². The number of benzene rings is 1. The van der Waals surface area contributed by atoms with Gasteiger partial charge in [-0.3, -0.25) is 4.79 Å². The molecule has 1 rings (SSSR count). The van der Waals surface area contributed by atoms with Crippen molar-refractivity contribution in [3.63, 3.8) is 0 Å². The van der Waals surface area contributed by atoms with Gasteiger partial charge in [-0.05, 0) is 38.5 Å². The third-order valence-electron chi connectivity index (χ3n) is 2.86. The molecule has 0 heterocycles. The summed E-state index contributed by atoms with van der Waals surface area (Å²) >= 11 is 0. The Morgan fingerprint density at radius 3 is 2.65 bits per heavy atom. The Bertz CT molecular complexity index is 529. The van der Waals surface area contributed by atoms with Crippen LogP contribution < -0.4 is 0 Å². The van der Waals surface area contributed by atoms with Gasteiger partial charge in [-0.1, -0.05) is 18.8 Å². The van der Waals surface area contributed by atoms with Crippen LogP contribution in [0.15, 0.2) is 18.2 Å². The van der Waals surface area contributed by atoms with Crippen molar-refractivity contribution in [3.8, 4) is 11.8 Å². The fourth-order valence-corrected chi connectivity index (χ4v) is 1.90. The van der Waals surface area contributed by atoms with Crippen LogP contribution in [0.25, 0.3) is 0 Å². The average Bonchev–Trinajstić information content (AvgIpc) is 2.41. The predicted molar refractivity (Wildman–Crippen MR) is 76.8 cm³/mol. The number of carbonyl (C=O) groups excluding carboxylic acids is 1. The maximum Gasteiger partial charge on any atom is 0.257 e. The normalized spacial score (nSPS) is 10.1. The van der Waals surface area contributed by atoms with E-state index in [1.54, 1.807) is 11.0 Å². The summed E-state index contributed by atoms with van der Waals surface area (Å²) in [7, 11) is 0. The van der Waals surface area contributed by atoms with Gasteiger partial charge in [0.1, 0.15) is 12.4 Å². The first-order valence-corrected chi connectivity index (χ1v) is 6.71. The molecule has 3 nitrogen and oxygen atoms in total. The first-order valence-electron chi connectivity index (χ1n) is 6.71. The SMILES string of the molecule is CCCN(C(=O)c1ccc(C#CCO)cc1F)C(C)C. The van der Waals surface area contributed by atoms with Gasteiger partial charge in [0.05, 0.1) is 5.56 Å². The van der Waals surface area contributed by atoms with Gasteiger partial charge < -0.3 is 10.0 Å². The van der Waals surface area contributed by atoms with E-state index in [-0.39, 0.29) is 24.1 Å². The Balaban J connectivity index is 3.04. The molecule has 0 saturated carbocycles. The third kappa shape index (κ3) is 4.07. The molecule has 108 valence electrons. The van der Waals surface area contributed by atoms with Gasteiger partial charge in [0.25, 0.3) is 5.91 Å². The van der Waals surface area contributed by atoms with Crippen LogP contribution >= 0.6 is 0 Å². The summed E-state index contributed by atoms with van der Waals surface area (Å²) in [5.41, 5.74) is 0.501. The van der Waals surface area contributed by atoms with Crippen LogP contribution in [0.5, 0.6) is 0 Å². The zero-order valence-corrected chi connectivity index (χ0v) is 12.1. The number of aliphatic hydroxyl groups is 1. The number of carbonyl (C=O) groups is 1. The van der Waals surface area contributed by atoms with Gasteiger partial charge in [0.2, 0.25) is 0 Å². The highest BCUT2D eigenvalue weighted by Crippen LogP contribution is 2.15. The topological polar surface area (TPSA) is 40.5 Å². The molecular formula is C16H20FNO2. The predicted octanol–water partition coefficient (Wildman–Crippen LogP) is 2.43. The molecular weight excluding hydrogens is 257 g/mol. The van der Waals surface area contributed by atoms with Crippen LogP contribution in [-0.4, -0.2) is 35.1 Å². The molecule has 0 aliphatic carbocycles. The molecule has 4 heteroatoms. The van der Waals surface area contributed by atoms with Gasteiger partial charge in [0, 0.05) is 18.2 Å². The van der Waals surface area contributed by atoms with Crippen molar-refractivity contribution >= 4 is 5.91 Å². The number of rotatable bonds is 4. The number of hydrogen-bond acceptors (Lipinski definition) is 2. The lowest BCUT2D eigenvalue weighted by Crippen LogP contribution is -2.38. The van der Waals surface area contributed by atoms with Crippen molar-refractivity contribution in [2.75, 3.05) is 13.2 Å². The molecule has 0 fully saturated rings. The second kappa shape index (κ2) is 7.66. The standard InChI is InChI=1S/C16H20FNO2/c1-4-9-18(12(2)3)16(20)14-8-7-13(6-5-10-19)11-15(14)17/h7-8,11-12,19H,4,9-10H2,1-3H3. The van der Waals surface area contributed by atoms with Gasteiger partial charge in [-0.2, -0.15) is 0 Å². The molecule has 0 bridgehead atoms. The van der Waals surface area contributed by atoms with Crippen LogP contribution in [0.4, 0.5) is 4.39 Å². The van der Waals surface area contributed by atoms with Gasteiger partial charge in [0.15, 0.2) is 0 Å². The van der Waals surface area contributed by atoms with Gasteiger partial charge >= 0.3 is 0 Å². The summed E-state index contributed by atoms with van der Waals surface area (Å²) in [4.78, 5) is 14.0. The van der Waals surface area contributed by atoms with Crippen molar-refractivity contribution < 1.29 is 14.3 Å². The second-order valence-corrected chi connectivity index (χ2v) is 4.75. The van der Waals surface area contributed by atoms with Crippen molar-refractivity contribution in [1.82, 2.24) is 4.90 Å². The lowest BCUT2D eigenvalue weighted by atomic mass is 10.1. The molecule has 1 N–H and O–H groups in total. The number of hydrogen-bond donors (Lipinski definition) is 1. The lowest BCUT2D eigenvalue weighted by molar-refractivity contribution is 0.0701. The van der Waals surface area contributed by atoms with Crippen LogP contribution in [0.2, 0.25) is 0 Å². The van der Waals surface area contributed by atoms with E-state index in [9.17, 15) is 9.18 Å². The number of amides is 1. The van der Waals surface area contributed by atoms with Crippen molar-refractivity contribution in [2.24, 2.45) is 0 Å². The number of nitrogens with zero attached hydrogens (tertiary/aromatic N) is 1. The van der Waals surface area contributed by atoms with E-state index in [2.05, 4.69) is 11.8 Å². The van der Waals surface area contributed by atoms with Crippen molar-refractivity contribution in [1.29, 1.82) is 0 Å². The molecule has 1 aromatic carbocycles. The summed E-state index contributed by atoms with van der Waals surface area (Å²) in [5, 5.41) is 8.60. The van der Waals surface area contributed by atoms with Crippen LogP contribution in [-0.2, 0) is 0 Å². The van der Waals surface area contributed by atoms with E-state index in [0.29, 0.717) is 12.1 Å². The van der Waals surface area contributed by atoms with E-state index < -0.39 is 5.82 Å². The Morgan fingerprint density at radius 1 is 1.45 bits per heavy atom. The molecule has 0 unspecified atom stereocenters. The first-order chi connectivity index (χ1) is 9.51. The van der Waals surface area contributed by atoms with Crippen LogP contribution in [0.3, 0.4) is 0 Å². The average molecular weight is 277 g/mol.